The van der Waals surface area contributed by atoms with Crippen LogP contribution in [0.4, 0.5) is 0 Å². The van der Waals surface area contributed by atoms with Crippen molar-refractivity contribution in [3.8, 4) is 0 Å². The Morgan fingerprint density at radius 1 is 0.867 bits per heavy atom. The van der Waals surface area contributed by atoms with Gasteiger partial charge >= 0.3 is 5.97 Å². The minimum Gasteiger partial charge on any atom is -0.341 e. The average molecular weight is 259 g/mol. The standard InChI is InChI=1S/C10H20Cl2O3/c1-2-3-4-5-6-7-8-9(11,12)10(13,14)15/h13-15H,2-8H2,1H3. The molecule has 0 aliphatic heterocycles. The maximum Gasteiger partial charge on any atom is 0.310 e. The first-order chi connectivity index (χ1) is 6.81. The fourth-order valence-corrected chi connectivity index (χ4v) is 1.56. The lowest BCUT2D eigenvalue weighted by Gasteiger charge is -2.28. The van der Waals surface area contributed by atoms with Crippen LogP contribution in [0.2, 0.25) is 0 Å². The van der Waals surface area contributed by atoms with Crippen LogP contribution < -0.4 is 0 Å². The zero-order chi connectivity index (χ0) is 11.9. The van der Waals surface area contributed by atoms with Gasteiger partial charge in [-0.05, 0) is 6.42 Å². The van der Waals surface area contributed by atoms with Crippen molar-refractivity contribution in [1.29, 1.82) is 0 Å². The molecule has 0 aromatic rings. The molecule has 0 bridgehead atoms. The van der Waals surface area contributed by atoms with Gasteiger partial charge in [0.15, 0.2) is 4.33 Å². The summed E-state index contributed by atoms with van der Waals surface area (Å²) < 4.78 is -1.91. The summed E-state index contributed by atoms with van der Waals surface area (Å²) in [5, 5.41) is 26.5. The van der Waals surface area contributed by atoms with Gasteiger partial charge in [-0.25, -0.2) is 0 Å². The molecule has 0 fully saturated rings. The van der Waals surface area contributed by atoms with E-state index in [1.807, 2.05) is 0 Å². The van der Waals surface area contributed by atoms with Gasteiger partial charge < -0.3 is 15.3 Å². The highest BCUT2D eigenvalue weighted by Gasteiger charge is 2.45. The van der Waals surface area contributed by atoms with Crippen LogP contribution in [0.1, 0.15) is 51.9 Å². The summed E-state index contributed by atoms with van der Waals surface area (Å²) in [4.78, 5) is 0. The zero-order valence-corrected chi connectivity index (χ0v) is 10.6. The molecule has 0 unspecified atom stereocenters. The molecule has 3 nitrogen and oxygen atoms in total. The van der Waals surface area contributed by atoms with Crippen LogP contribution in [-0.2, 0) is 0 Å². The van der Waals surface area contributed by atoms with Crippen molar-refractivity contribution in [2.24, 2.45) is 0 Å². The number of alkyl halides is 2. The number of hydrogen-bond donors (Lipinski definition) is 3. The van der Waals surface area contributed by atoms with Crippen LogP contribution in [0, 0.1) is 0 Å². The van der Waals surface area contributed by atoms with Gasteiger partial charge in [0, 0.05) is 0 Å². The molecule has 0 spiro atoms. The van der Waals surface area contributed by atoms with Crippen molar-refractivity contribution in [3.63, 3.8) is 0 Å². The Kier molecular flexibility index (Phi) is 7.13. The zero-order valence-electron chi connectivity index (χ0n) is 9.05. The molecule has 92 valence electrons. The summed E-state index contributed by atoms with van der Waals surface area (Å²) in [5.41, 5.74) is 0. The molecule has 0 rings (SSSR count). The SMILES string of the molecule is CCCCCCCCC(Cl)(Cl)C(O)(O)O. The van der Waals surface area contributed by atoms with Crippen LogP contribution in [0.15, 0.2) is 0 Å². The van der Waals surface area contributed by atoms with Crippen LogP contribution in [0.5, 0.6) is 0 Å². The summed E-state index contributed by atoms with van der Waals surface area (Å²) in [5.74, 6) is -3.03. The minimum absolute atomic E-state index is 0.158. The van der Waals surface area contributed by atoms with Gasteiger partial charge in [0.1, 0.15) is 0 Å². The molecule has 0 aliphatic carbocycles. The fraction of sp³-hybridized carbons (Fsp3) is 1.00. The molecule has 0 amide bonds. The number of hydrogen-bond acceptors (Lipinski definition) is 3. The average Bonchev–Trinajstić information content (AvgIpc) is 2.09. The number of halogens is 2. The van der Waals surface area contributed by atoms with E-state index in [2.05, 4.69) is 6.92 Å². The largest absolute Gasteiger partial charge is 0.341 e. The third-order valence-electron chi connectivity index (χ3n) is 2.34. The van der Waals surface area contributed by atoms with Crippen molar-refractivity contribution >= 4 is 23.2 Å². The van der Waals surface area contributed by atoms with E-state index in [9.17, 15) is 0 Å². The molecular weight excluding hydrogens is 239 g/mol. The van der Waals surface area contributed by atoms with E-state index < -0.39 is 10.3 Å². The lowest BCUT2D eigenvalue weighted by Crippen LogP contribution is -2.46. The van der Waals surface area contributed by atoms with Gasteiger partial charge in [0.05, 0.1) is 0 Å². The van der Waals surface area contributed by atoms with Crippen molar-refractivity contribution in [2.45, 2.75) is 62.2 Å². The highest BCUT2D eigenvalue weighted by molar-refractivity contribution is 6.49. The summed E-state index contributed by atoms with van der Waals surface area (Å²) in [6.07, 6.45) is 6.38. The fourth-order valence-electron chi connectivity index (χ4n) is 1.30. The van der Waals surface area contributed by atoms with E-state index >= 15 is 0 Å². The number of unbranched alkanes of at least 4 members (excludes halogenated alkanes) is 5. The Hall–Kier alpha value is 0.460. The van der Waals surface area contributed by atoms with Gasteiger partial charge in [-0.15, -0.1) is 0 Å². The van der Waals surface area contributed by atoms with Gasteiger partial charge in [-0.2, -0.15) is 0 Å². The molecule has 0 aromatic heterocycles. The van der Waals surface area contributed by atoms with Crippen LogP contribution in [0.25, 0.3) is 0 Å². The Morgan fingerprint density at radius 3 is 1.80 bits per heavy atom. The molecule has 0 heterocycles. The summed E-state index contributed by atoms with van der Waals surface area (Å²) in [6, 6.07) is 0. The Bertz CT molecular complexity index is 167. The van der Waals surface area contributed by atoms with Crippen LogP contribution >= 0.6 is 23.2 Å². The minimum atomic E-state index is -3.03. The van der Waals surface area contributed by atoms with E-state index in [4.69, 9.17) is 38.5 Å². The molecule has 5 heteroatoms. The normalized spacial score (nSPS) is 13.2. The monoisotopic (exact) mass is 258 g/mol. The quantitative estimate of drug-likeness (QED) is 0.356. The molecule has 0 aromatic carbocycles. The Balaban J connectivity index is 3.58. The number of rotatable bonds is 8. The summed E-state index contributed by atoms with van der Waals surface area (Å²) >= 11 is 11.1. The Labute approximate surface area is 101 Å². The second-order valence-electron chi connectivity index (χ2n) is 3.86. The maximum absolute atomic E-state index is 8.83. The lowest BCUT2D eigenvalue weighted by atomic mass is 10.1. The van der Waals surface area contributed by atoms with Gasteiger partial charge in [0.2, 0.25) is 0 Å². The van der Waals surface area contributed by atoms with Crippen molar-refractivity contribution in [2.75, 3.05) is 0 Å². The third kappa shape index (κ3) is 6.59. The van der Waals surface area contributed by atoms with Gasteiger partial charge in [0.25, 0.3) is 0 Å². The molecule has 0 aliphatic rings. The molecule has 15 heavy (non-hydrogen) atoms. The molecular formula is C10H20Cl2O3. The second kappa shape index (κ2) is 6.92. The summed E-state index contributed by atoms with van der Waals surface area (Å²) in [7, 11) is 0. The predicted molar refractivity (Wildman–Crippen MR) is 61.8 cm³/mol. The molecule has 0 saturated heterocycles. The van der Waals surface area contributed by atoms with E-state index in [0.717, 1.165) is 19.3 Å². The van der Waals surface area contributed by atoms with E-state index in [0.29, 0.717) is 6.42 Å². The third-order valence-corrected chi connectivity index (χ3v) is 3.22. The molecule has 0 saturated carbocycles. The topological polar surface area (TPSA) is 60.7 Å². The van der Waals surface area contributed by atoms with Gasteiger partial charge in [-0.1, -0.05) is 68.7 Å². The highest BCUT2D eigenvalue weighted by atomic mass is 35.5. The van der Waals surface area contributed by atoms with E-state index in [-0.39, 0.29) is 6.42 Å². The van der Waals surface area contributed by atoms with Crippen molar-refractivity contribution in [1.82, 2.24) is 0 Å². The first kappa shape index (κ1) is 15.5. The molecule has 0 radical (unpaired) electrons. The Morgan fingerprint density at radius 2 is 1.33 bits per heavy atom. The van der Waals surface area contributed by atoms with Crippen LogP contribution in [0.3, 0.4) is 0 Å². The summed E-state index contributed by atoms with van der Waals surface area (Å²) in [6.45, 7) is 2.14. The molecule has 3 N–H and O–H groups in total. The van der Waals surface area contributed by atoms with E-state index in [1.54, 1.807) is 0 Å². The smallest absolute Gasteiger partial charge is 0.310 e. The first-order valence-corrected chi connectivity index (χ1v) is 6.12. The van der Waals surface area contributed by atoms with Crippen molar-refractivity contribution < 1.29 is 15.3 Å². The maximum atomic E-state index is 8.83. The van der Waals surface area contributed by atoms with Crippen molar-refractivity contribution in [3.05, 3.63) is 0 Å². The van der Waals surface area contributed by atoms with Gasteiger partial charge in [-0.3, -0.25) is 0 Å². The molecule has 0 atom stereocenters. The van der Waals surface area contributed by atoms with E-state index in [1.165, 1.54) is 12.8 Å². The lowest BCUT2D eigenvalue weighted by molar-refractivity contribution is -0.320. The van der Waals surface area contributed by atoms with Crippen LogP contribution in [-0.4, -0.2) is 25.6 Å². The first-order valence-electron chi connectivity index (χ1n) is 5.36. The number of aliphatic hydroxyl groups is 3. The second-order valence-corrected chi connectivity index (χ2v) is 5.34. The predicted octanol–water partition coefficient (Wildman–Crippen LogP) is 2.54. The highest BCUT2D eigenvalue weighted by Crippen LogP contribution is 2.35.